The molecule has 3 nitrogen and oxygen atoms in total. The largest absolute Gasteiger partial charge is 0.436 e. The van der Waals surface area contributed by atoms with E-state index in [1.165, 1.54) is 25.7 Å². The van der Waals surface area contributed by atoms with Gasteiger partial charge in [-0.15, -0.1) is 0 Å². The SMILES string of the molecule is CCC12CCC(CC1OC(C)OC(=O)C1CC3C=CC1C3)C2. The van der Waals surface area contributed by atoms with Gasteiger partial charge in [-0.2, -0.15) is 0 Å². The van der Waals surface area contributed by atoms with Crippen molar-refractivity contribution in [3.8, 4) is 0 Å². The molecule has 0 aliphatic heterocycles. The van der Waals surface area contributed by atoms with E-state index in [1.807, 2.05) is 6.92 Å². The van der Waals surface area contributed by atoms with Gasteiger partial charge in [-0.25, -0.2) is 0 Å². The van der Waals surface area contributed by atoms with Crippen LogP contribution in [-0.2, 0) is 14.3 Å². The molecule has 0 aromatic carbocycles. The molecule has 22 heavy (non-hydrogen) atoms. The van der Waals surface area contributed by atoms with E-state index in [2.05, 4.69) is 19.1 Å². The Balaban J connectivity index is 1.32. The lowest BCUT2D eigenvalue weighted by Gasteiger charge is -2.35. The lowest BCUT2D eigenvalue weighted by molar-refractivity contribution is -0.201. The Morgan fingerprint density at radius 3 is 2.82 bits per heavy atom. The highest BCUT2D eigenvalue weighted by Crippen LogP contribution is 2.57. The van der Waals surface area contributed by atoms with Gasteiger partial charge in [0.05, 0.1) is 12.0 Å². The van der Waals surface area contributed by atoms with Gasteiger partial charge in [-0.3, -0.25) is 4.79 Å². The number of esters is 1. The van der Waals surface area contributed by atoms with E-state index in [9.17, 15) is 4.79 Å². The summed E-state index contributed by atoms with van der Waals surface area (Å²) in [6.45, 7) is 4.18. The van der Waals surface area contributed by atoms with Gasteiger partial charge in [-0.1, -0.05) is 19.1 Å². The molecule has 7 atom stereocenters. The third-order valence-electron chi connectivity index (χ3n) is 6.90. The monoisotopic (exact) mass is 304 g/mol. The van der Waals surface area contributed by atoms with Gasteiger partial charge in [0.1, 0.15) is 0 Å². The number of hydrogen-bond acceptors (Lipinski definition) is 3. The molecule has 4 aliphatic carbocycles. The van der Waals surface area contributed by atoms with E-state index >= 15 is 0 Å². The van der Waals surface area contributed by atoms with Gasteiger partial charge in [0.2, 0.25) is 0 Å². The highest BCUT2D eigenvalue weighted by molar-refractivity contribution is 5.74. The first-order valence-electron chi connectivity index (χ1n) is 9.14. The highest BCUT2D eigenvalue weighted by atomic mass is 16.7. The lowest BCUT2D eigenvalue weighted by atomic mass is 9.79. The van der Waals surface area contributed by atoms with E-state index in [4.69, 9.17) is 9.47 Å². The first kappa shape index (κ1) is 14.7. The first-order valence-corrected chi connectivity index (χ1v) is 9.14. The summed E-state index contributed by atoms with van der Waals surface area (Å²) in [5.41, 5.74) is 0.362. The smallest absolute Gasteiger partial charge is 0.311 e. The van der Waals surface area contributed by atoms with Crippen LogP contribution in [0.3, 0.4) is 0 Å². The predicted octanol–water partition coefficient (Wildman–Crippen LogP) is 4.07. The van der Waals surface area contributed by atoms with Crippen molar-refractivity contribution < 1.29 is 14.3 Å². The van der Waals surface area contributed by atoms with Gasteiger partial charge in [-0.05, 0) is 75.0 Å². The van der Waals surface area contributed by atoms with Crippen LogP contribution in [0.2, 0.25) is 0 Å². The summed E-state index contributed by atoms with van der Waals surface area (Å²) < 4.78 is 11.8. The Morgan fingerprint density at radius 2 is 2.18 bits per heavy atom. The van der Waals surface area contributed by atoms with Crippen molar-refractivity contribution in [1.29, 1.82) is 0 Å². The van der Waals surface area contributed by atoms with Crippen LogP contribution in [0, 0.1) is 29.1 Å². The van der Waals surface area contributed by atoms with Crippen LogP contribution in [0.1, 0.15) is 58.8 Å². The predicted molar refractivity (Wildman–Crippen MR) is 84.0 cm³/mol. The average molecular weight is 304 g/mol. The maximum absolute atomic E-state index is 12.4. The third kappa shape index (κ3) is 2.33. The molecule has 0 saturated heterocycles. The maximum atomic E-state index is 12.4. The van der Waals surface area contributed by atoms with Gasteiger partial charge in [0.25, 0.3) is 0 Å². The van der Waals surface area contributed by atoms with E-state index < -0.39 is 6.29 Å². The van der Waals surface area contributed by atoms with E-state index in [1.54, 1.807) is 0 Å². The van der Waals surface area contributed by atoms with Gasteiger partial charge in [0, 0.05) is 0 Å². The molecule has 0 N–H and O–H groups in total. The van der Waals surface area contributed by atoms with E-state index in [0.29, 0.717) is 23.4 Å². The molecule has 0 heterocycles. The molecule has 3 saturated carbocycles. The molecule has 3 fully saturated rings. The highest BCUT2D eigenvalue weighted by Gasteiger charge is 2.52. The molecular formula is C19H28O3. The summed E-state index contributed by atoms with van der Waals surface area (Å²) in [6, 6.07) is 0. The molecule has 4 rings (SSSR count). The van der Waals surface area contributed by atoms with Crippen molar-refractivity contribution in [3.05, 3.63) is 12.2 Å². The van der Waals surface area contributed by atoms with Crippen molar-refractivity contribution in [2.45, 2.75) is 71.2 Å². The topological polar surface area (TPSA) is 35.5 Å². The fourth-order valence-electron chi connectivity index (χ4n) is 5.63. The Hall–Kier alpha value is -0.830. The van der Waals surface area contributed by atoms with E-state index in [-0.39, 0.29) is 11.9 Å². The van der Waals surface area contributed by atoms with Crippen LogP contribution in [0.5, 0.6) is 0 Å². The Bertz CT molecular complexity index is 485. The molecule has 4 aliphatic rings. The number of allylic oxidation sites excluding steroid dienone is 2. The first-order chi connectivity index (χ1) is 10.6. The van der Waals surface area contributed by atoms with Gasteiger partial charge < -0.3 is 9.47 Å². The minimum absolute atomic E-state index is 0.0435. The molecule has 4 bridgehead atoms. The zero-order valence-electron chi connectivity index (χ0n) is 13.8. The van der Waals surface area contributed by atoms with Crippen LogP contribution >= 0.6 is 0 Å². The quantitative estimate of drug-likeness (QED) is 0.436. The van der Waals surface area contributed by atoms with Crippen molar-refractivity contribution in [2.75, 3.05) is 0 Å². The van der Waals surface area contributed by atoms with Crippen molar-refractivity contribution in [1.82, 2.24) is 0 Å². The molecule has 0 aromatic rings. The number of carbonyl (C=O) groups is 1. The summed E-state index contributed by atoms with van der Waals surface area (Å²) >= 11 is 0. The second kappa shape index (κ2) is 5.36. The van der Waals surface area contributed by atoms with Gasteiger partial charge >= 0.3 is 5.97 Å². The fourth-order valence-corrected chi connectivity index (χ4v) is 5.63. The molecule has 7 unspecified atom stereocenters. The molecular weight excluding hydrogens is 276 g/mol. The van der Waals surface area contributed by atoms with Crippen LogP contribution < -0.4 is 0 Å². The van der Waals surface area contributed by atoms with Crippen LogP contribution in [0.15, 0.2) is 12.2 Å². The fraction of sp³-hybridized carbons (Fsp3) is 0.842. The molecule has 3 heteroatoms. The summed E-state index contributed by atoms with van der Waals surface area (Å²) in [6.07, 6.45) is 12.8. The van der Waals surface area contributed by atoms with Gasteiger partial charge in [0.15, 0.2) is 6.29 Å². The number of fused-ring (bicyclic) bond motifs is 4. The minimum atomic E-state index is -0.400. The van der Waals surface area contributed by atoms with E-state index in [0.717, 1.165) is 25.2 Å². The maximum Gasteiger partial charge on any atom is 0.311 e. The lowest BCUT2D eigenvalue weighted by Crippen LogP contribution is -2.37. The zero-order valence-corrected chi connectivity index (χ0v) is 13.8. The number of carbonyl (C=O) groups excluding carboxylic acids is 1. The standard InChI is InChI=1S/C19H28O3/c1-3-19-7-6-14(11-19)10-17(19)21-12(2)22-18(20)16-9-13-4-5-15(16)8-13/h4-5,12-17H,3,6-11H2,1-2H3. The van der Waals surface area contributed by atoms with Crippen molar-refractivity contribution in [3.63, 3.8) is 0 Å². The second-order valence-electron chi connectivity index (χ2n) is 8.08. The van der Waals surface area contributed by atoms with Crippen LogP contribution in [-0.4, -0.2) is 18.4 Å². The summed E-state index contributed by atoms with van der Waals surface area (Å²) in [7, 11) is 0. The van der Waals surface area contributed by atoms with Crippen LogP contribution in [0.4, 0.5) is 0 Å². The van der Waals surface area contributed by atoms with Crippen molar-refractivity contribution in [2.24, 2.45) is 29.1 Å². The average Bonchev–Trinajstić information content (AvgIpc) is 3.26. The minimum Gasteiger partial charge on any atom is -0.436 e. The van der Waals surface area contributed by atoms with Crippen LogP contribution in [0.25, 0.3) is 0 Å². The summed E-state index contributed by atoms with van der Waals surface area (Å²) in [4.78, 5) is 12.4. The molecule has 0 amide bonds. The zero-order chi connectivity index (χ0) is 15.3. The number of rotatable bonds is 5. The second-order valence-corrected chi connectivity index (χ2v) is 8.08. The normalized spacial score (nSPS) is 46.4. The number of hydrogen-bond donors (Lipinski definition) is 0. The Kier molecular flexibility index (Phi) is 3.60. The number of ether oxygens (including phenoxy) is 2. The summed E-state index contributed by atoms with van der Waals surface area (Å²) in [5.74, 6) is 1.88. The molecule has 0 radical (unpaired) electrons. The molecule has 0 spiro atoms. The Labute approximate surface area is 133 Å². The third-order valence-corrected chi connectivity index (χ3v) is 6.90. The molecule has 0 aromatic heterocycles. The Morgan fingerprint density at radius 1 is 1.32 bits per heavy atom. The molecule has 122 valence electrons. The van der Waals surface area contributed by atoms with Crippen molar-refractivity contribution >= 4 is 5.97 Å². The summed E-state index contributed by atoms with van der Waals surface area (Å²) in [5, 5.41) is 0.